The Morgan fingerprint density at radius 3 is 2.16 bits per heavy atom. The minimum absolute atomic E-state index is 0.00212. The van der Waals surface area contributed by atoms with Gasteiger partial charge in [-0.15, -0.1) is 0 Å². The molecular weight excluding hydrogens is 464 g/mol. The highest BCUT2D eigenvalue weighted by Crippen LogP contribution is 2.58. The molecule has 2 heterocycles. The van der Waals surface area contributed by atoms with Crippen molar-refractivity contribution in [3.63, 3.8) is 0 Å². The highest BCUT2D eigenvalue weighted by molar-refractivity contribution is 7.92. The molecule has 1 aromatic heterocycles. The number of benzene rings is 1. The number of halogens is 6. The molecule has 4 rings (SSSR count). The lowest BCUT2D eigenvalue weighted by Crippen LogP contribution is -2.43. The van der Waals surface area contributed by atoms with Crippen molar-refractivity contribution in [1.82, 2.24) is 14.7 Å². The molecule has 1 saturated heterocycles. The van der Waals surface area contributed by atoms with Crippen molar-refractivity contribution in [2.45, 2.75) is 41.8 Å². The lowest BCUT2D eigenvalue weighted by molar-refractivity contribution is -0.197. The number of carbonyl (C=O) groups is 1. The van der Waals surface area contributed by atoms with Gasteiger partial charge < -0.3 is 4.90 Å². The fourth-order valence-electron chi connectivity index (χ4n) is 3.81. The van der Waals surface area contributed by atoms with Gasteiger partial charge in [0.1, 0.15) is 5.41 Å². The summed E-state index contributed by atoms with van der Waals surface area (Å²) in [6, 6.07) is 5.73. The Bertz CT molecular complexity index is 1130. The van der Waals surface area contributed by atoms with Crippen LogP contribution in [0.15, 0.2) is 41.4 Å². The molecule has 1 saturated carbocycles. The van der Waals surface area contributed by atoms with Crippen molar-refractivity contribution in [3.05, 3.63) is 42.2 Å². The molecule has 0 N–H and O–H groups in total. The van der Waals surface area contributed by atoms with E-state index < -0.39 is 44.5 Å². The zero-order chi connectivity index (χ0) is 23.5. The van der Waals surface area contributed by atoms with Crippen molar-refractivity contribution in [3.8, 4) is 5.69 Å². The maximum absolute atomic E-state index is 13.2. The summed E-state index contributed by atoms with van der Waals surface area (Å²) in [5, 5.41) is 2.34. The Morgan fingerprint density at radius 1 is 1.03 bits per heavy atom. The molecule has 2 fully saturated rings. The second-order valence-corrected chi connectivity index (χ2v) is 10.2. The van der Waals surface area contributed by atoms with E-state index in [1.807, 2.05) is 0 Å². The minimum Gasteiger partial charge on any atom is -0.341 e. The number of likely N-dealkylation sites (tertiary alicyclic amines) is 1. The summed E-state index contributed by atoms with van der Waals surface area (Å²) in [4.78, 5) is 13.2. The van der Waals surface area contributed by atoms with Crippen molar-refractivity contribution >= 4 is 15.7 Å². The van der Waals surface area contributed by atoms with Gasteiger partial charge in [0.2, 0.25) is 5.91 Å². The van der Waals surface area contributed by atoms with E-state index in [-0.39, 0.29) is 42.9 Å². The second kappa shape index (κ2) is 7.22. The standard InChI is InChI=1S/C19H17F6N3O3S/c20-18(21,22)15-6-10-28(26-15)12-1-3-13(4-2-12)32(30,31)14-5-9-27(11-14)16(29)17(7-8-17)19(23,24)25/h1-4,6,10,14H,5,7-9,11H2. The van der Waals surface area contributed by atoms with Crippen LogP contribution in [-0.4, -0.2) is 53.5 Å². The highest BCUT2D eigenvalue weighted by atomic mass is 32.2. The molecule has 2 aromatic rings. The smallest absolute Gasteiger partial charge is 0.341 e. The van der Waals surface area contributed by atoms with Crippen molar-refractivity contribution in [1.29, 1.82) is 0 Å². The average Bonchev–Trinajstić information content (AvgIpc) is 3.14. The number of alkyl halides is 6. The SMILES string of the molecule is O=C(N1CCC(S(=O)(=O)c2ccc(-n3ccc(C(F)(F)F)n3)cc2)C1)C1(C(F)(F)F)CC1. The fraction of sp³-hybridized carbons (Fsp3) is 0.474. The molecule has 13 heteroatoms. The third kappa shape index (κ3) is 3.76. The normalized spacial score (nSPS) is 21.1. The molecule has 1 atom stereocenters. The molecule has 0 spiro atoms. The first kappa shape index (κ1) is 22.6. The molecular formula is C19H17F6N3O3S. The van der Waals surface area contributed by atoms with Gasteiger partial charge >= 0.3 is 12.4 Å². The monoisotopic (exact) mass is 481 g/mol. The maximum Gasteiger partial charge on any atom is 0.435 e. The molecule has 1 aromatic carbocycles. The van der Waals surface area contributed by atoms with Gasteiger partial charge in [0.25, 0.3) is 0 Å². The molecule has 0 bridgehead atoms. The first-order valence-electron chi connectivity index (χ1n) is 9.59. The summed E-state index contributed by atoms with van der Waals surface area (Å²) in [5.74, 6) is -1.09. The molecule has 0 radical (unpaired) electrons. The molecule has 32 heavy (non-hydrogen) atoms. The zero-order valence-electron chi connectivity index (χ0n) is 16.3. The van der Waals surface area contributed by atoms with Crippen LogP contribution in [0.5, 0.6) is 0 Å². The largest absolute Gasteiger partial charge is 0.435 e. The average molecular weight is 481 g/mol. The van der Waals surface area contributed by atoms with Crippen molar-refractivity contribution in [2.24, 2.45) is 5.41 Å². The maximum atomic E-state index is 13.2. The summed E-state index contributed by atoms with van der Waals surface area (Å²) in [5.41, 5.74) is -3.30. The van der Waals surface area contributed by atoms with Crippen molar-refractivity contribution < 1.29 is 39.6 Å². The van der Waals surface area contributed by atoms with E-state index in [2.05, 4.69) is 5.10 Å². The number of hydrogen-bond donors (Lipinski definition) is 0. The number of nitrogens with zero attached hydrogens (tertiary/aromatic N) is 3. The van der Waals surface area contributed by atoms with Crippen LogP contribution in [0.3, 0.4) is 0 Å². The van der Waals surface area contributed by atoms with E-state index in [0.29, 0.717) is 0 Å². The van der Waals surface area contributed by atoms with Crippen LogP contribution >= 0.6 is 0 Å². The Hall–Kier alpha value is -2.57. The predicted octanol–water partition coefficient (Wildman–Crippen LogP) is 3.61. The quantitative estimate of drug-likeness (QED) is 0.626. The lowest BCUT2D eigenvalue weighted by atomic mass is 10.1. The van der Waals surface area contributed by atoms with E-state index in [1.165, 1.54) is 24.3 Å². The van der Waals surface area contributed by atoms with E-state index in [1.54, 1.807) is 0 Å². The van der Waals surface area contributed by atoms with E-state index in [0.717, 1.165) is 21.8 Å². The molecule has 2 aliphatic rings. The van der Waals surface area contributed by atoms with Crippen LogP contribution in [0.1, 0.15) is 25.0 Å². The summed E-state index contributed by atoms with van der Waals surface area (Å²) in [6.07, 6.45) is -8.80. The summed E-state index contributed by atoms with van der Waals surface area (Å²) in [6.45, 7) is -0.430. The van der Waals surface area contributed by atoms with Crippen LogP contribution in [0, 0.1) is 5.41 Å². The Balaban J connectivity index is 1.48. The Kier molecular flexibility index (Phi) is 5.10. The molecule has 6 nitrogen and oxygen atoms in total. The summed E-state index contributed by atoms with van der Waals surface area (Å²) < 4.78 is 104. The zero-order valence-corrected chi connectivity index (χ0v) is 17.1. The van der Waals surface area contributed by atoms with E-state index >= 15 is 0 Å². The number of hydrogen-bond acceptors (Lipinski definition) is 4. The third-order valence-corrected chi connectivity index (χ3v) is 8.07. The van der Waals surface area contributed by atoms with Gasteiger partial charge in [-0.1, -0.05) is 0 Å². The molecule has 174 valence electrons. The minimum atomic E-state index is -4.67. The Morgan fingerprint density at radius 2 is 1.66 bits per heavy atom. The lowest BCUT2D eigenvalue weighted by Gasteiger charge is -2.25. The number of carbonyl (C=O) groups excluding carboxylic acids is 1. The molecule has 1 aliphatic carbocycles. The van der Waals surface area contributed by atoms with Gasteiger partial charge in [-0.2, -0.15) is 31.4 Å². The fourth-order valence-corrected chi connectivity index (χ4v) is 5.50. The second-order valence-electron chi connectivity index (χ2n) is 7.92. The van der Waals surface area contributed by atoms with Gasteiger partial charge in [-0.05, 0) is 49.6 Å². The van der Waals surface area contributed by atoms with Crippen molar-refractivity contribution in [2.75, 3.05) is 13.1 Å². The summed E-state index contributed by atoms with van der Waals surface area (Å²) in [7, 11) is -3.97. The van der Waals surface area contributed by atoms with Gasteiger partial charge in [-0.3, -0.25) is 4.79 Å². The Labute approximate surface area is 178 Å². The highest BCUT2D eigenvalue weighted by Gasteiger charge is 2.69. The number of amides is 1. The summed E-state index contributed by atoms with van der Waals surface area (Å²) >= 11 is 0. The van der Waals surface area contributed by atoms with E-state index in [4.69, 9.17) is 0 Å². The topological polar surface area (TPSA) is 72.3 Å². The van der Waals surface area contributed by atoms with Gasteiger partial charge in [0, 0.05) is 19.3 Å². The van der Waals surface area contributed by atoms with Gasteiger partial charge in [-0.25, -0.2) is 13.1 Å². The first-order valence-corrected chi connectivity index (χ1v) is 11.1. The first-order chi connectivity index (χ1) is 14.8. The van der Waals surface area contributed by atoms with Crippen LogP contribution in [-0.2, 0) is 20.8 Å². The number of aromatic nitrogens is 2. The van der Waals surface area contributed by atoms with Gasteiger partial charge in [0.15, 0.2) is 15.5 Å². The van der Waals surface area contributed by atoms with Crippen LogP contribution < -0.4 is 0 Å². The van der Waals surface area contributed by atoms with Crippen LogP contribution in [0.2, 0.25) is 0 Å². The van der Waals surface area contributed by atoms with Crippen LogP contribution in [0.4, 0.5) is 26.3 Å². The molecule has 1 amide bonds. The van der Waals surface area contributed by atoms with Gasteiger partial charge in [0.05, 0.1) is 15.8 Å². The predicted molar refractivity (Wildman–Crippen MR) is 98.5 cm³/mol. The third-order valence-electron chi connectivity index (χ3n) is 5.88. The van der Waals surface area contributed by atoms with Crippen LogP contribution in [0.25, 0.3) is 5.69 Å². The van der Waals surface area contributed by atoms with E-state index in [9.17, 15) is 39.6 Å². The molecule has 1 aliphatic heterocycles. The number of rotatable bonds is 4. The molecule has 1 unspecified atom stereocenters. The number of sulfone groups is 1.